The summed E-state index contributed by atoms with van der Waals surface area (Å²) >= 11 is 0. The highest BCUT2D eigenvalue weighted by molar-refractivity contribution is 5.91. The quantitative estimate of drug-likeness (QED) is 0.876. The Morgan fingerprint density at radius 1 is 1.22 bits per heavy atom. The van der Waals surface area contributed by atoms with Crippen LogP contribution in [-0.2, 0) is 22.6 Å². The largest absolute Gasteiger partial charge is 0.344 e. The number of carbonyl (C=O) groups is 2. The number of hydrogen-bond donors (Lipinski definition) is 2. The molecule has 1 atom stereocenters. The van der Waals surface area contributed by atoms with Crippen molar-refractivity contribution in [3.05, 3.63) is 41.6 Å². The number of nitrogens with zero attached hydrogens (tertiary/aromatic N) is 2. The summed E-state index contributed by atoms with van der Waals surface area (Å²) in [5, 5.41) is 10.3. The van der Waals surface area contributed by atoms with Crippen LogP contribution in [0.2, 0.25) is 0 Å². The lowest BCUT2D eigenvalue weighted by Crippen LogP contribution is -2.46. The summed E-state index contributed by atoms with van der Waals surface area (Å²) in [5.41, 5.74) is 4.14. The molecule has 2 aliphatic rings. The number of aromatic amines is 1. The molecule has 3 heterocycles. The molecular formula is C17H18N4O2. The van der Waals surface area contributed by atoms with Crippen molar-refractivity contribution in [3.8, 4) is 11.3 Å². The molecule has 118 valence electrons. The maximum Gasteiger partial charge on any atom is 0.245 e. The first-order valence-corrected chi connectivity index (χ1v) is 7.92. The van der Waals surface area contributed by atoms with Crippen LogP contribution in [0.25, 0.3) is 11.3 Å². The van der Waals surface area contributed by atoms with Gasteiger partial charge in [-0.15, -0.1) is 0 Å². The molecule has 2 N–H and O–H groups in total. The fraction of sp³-hybridized carbons (Fsp3) is 0.353. The minimum absolute atomic E-state index is 0.0155. The Morgan fingerprint density at radius 3 is 2.78 bits per heavy atom. The van der Waals surface area contributed by atoms with Crippen LogP contribution in [0.5, 0.6) is 0 Å². The molecule has 2 amide bonds. The van der Waals surface area contributed by atoms with E-state index in [0.29, 0.717) is 25.9 Å². The van der Waals surface area contributed by atoms with E-state index < -0.39 is 0 Å². The normalized spacial score (nSPS) is 20.3. The van der Waals surface area contributed by atoms with Gasteiger partial charge in [-0.05, 0) is 6.42 Å². The molecule has 0 aliphatic carbocycles. The maximum atomic E-state index is 12.6. The molecule has 1 saturated heterocycles. The summed E-state index contributed by atoms with van der Waals surface area (Å²) < 4.78 is 0. The zero-order chi connectivity index (χ0) is 15.8. The van der Waals surface area contributed by atoms with E-state index >= 15 is 0 Å². The number of fused-ring (bicyclic) bond motifs is 1. The van der Waals surface area contributed by atoms with Crippen molar-refractivity contribution in [1.82, 2.24) is 20.4 Å². The predicted octanol–water partition coefficient (Wildman–Crippen LogP) is 1.24. The summed E-state index contributed by atoms with van der Waals surface area (Å²) in [7, 11) is 0. The molecule has 0 spiro atoms. The van der Waals surface area contributed by atoms with Crippen molar-refractivity contribution in [2.24, 2.45) is 0 Å². The van der Waals surface area contributed by atoms with Gasteiger partial charge in [-0.25, -0.2) is 0 Å². The summed E-state index contributed by atoms with van der Waals surface area (Å²) in [4.78, 5) is 25.8. The number of rotatable bonds is 2. The van der Waals surface area contributed by atoms with Gasteiger partial charge in [-0.3, -0.25) is 14.7 Å². The van der Waals surface area contributed by atoms with Gasteiger partial charge >= 0.3 is 0 Å². The Morgan fingerprint density at radius 2 is 2.04 bits per heavy atom. The molecule has 2 aromatic rings. The van der Waals surface area contributed by atoms with E-state index in [1.165, 1.54) is 0 Å². The Balaban J connectivity index is 1.58. The standard InChI is InChI=1S/C17H18N4O2/c22-15-7-6-14(18-15)17(23)21-9-8-13-12(10-21)16(20-19-13)11-4-2-1-3-5-11/h1-5,14H,6-10H2,(H,18,22)(H,19,20). The van der Waals surface area contributed by atoms with E-state index in [9.17, 15) is 9.59 Å². The smallest absolute Gasteiger partial charge is 0.245 e. The second kappa shape index (κ2) is 5.53. The Labute approximate surface area is 133 Å². The first kappa shape index (κ1) is 14.0. The van der Waals surface area contributed by atoms with Gasteiger partial charge in [0.15, 0.2) is 0 Å². The van der Waals surface area contributed by atoms with Crippen LogP contribution in [0.4, 0.5) is 0 Å². The number of hydrogen-bond acceptors (Lipinski definition) is 3. The fourth-order valence-electron chi connectivity index (χ4n) is 3.34. The van der Waals surface area contributed by atoms with Gasteiger partial charge in [-0.1, -0.05) is 30.3 Å². The average molecular weight is 310 g/mol. The second-order valence-corrected chi connectivity index (χ2v) is 6.06. The number of H-pyrrole nitrogens is 1. The highest BCUT2D eigenvalue weighted by atomic mass is 16.2. The van der Waals surface area contributed by atoms with Crippen molar-refractivity contribution < 1.29 is 9.59 Å². The van der Waals surface area contributed by atoms with E-state index in [0.717, 1.165) is 28.9 Å². The lowest BCUT2D eigenvalue weighted by molar-refractivity contribution is -0.135. The van der Waals surface area contributed by atoms with Crippen LogP contribution in [0.1, 0.15) is 24.1 Å². The van der Waals surface area contributed by atoms with Gasteiger partial charge in [0, 0.05) is 42.8 Å². The molecule has 0 saturated carbocycles. The highest BCUT2D eigenvalue weighted by Crippen LogP contribution is 2.28. The Hall–Kier alpha value is -2.63. The van der Waals surface area contributed by atoms with Gasteiger partial charge < -0.3 is 10.2 Å². The number of nitrogens with one attached hydrogen (secondary N) is 2. The summed E-state index contributed by atoms with van der Waals surface area (Å²) in [6, 6.07) is 9.62. The van der Waals surface area contributed by atoms with E-state index in [4.69, 9.17) is 0 Å². The summed E-state index contributed by atoms with van der Waals surface area (Å²) in [5.74, 6) is -0.0176. The Bertz CT molecular complexity index is 753. The molecular weight excluding hydrogens is 292 g/mol. The molecule has 0 radical (unpaired) electrons. The van der Waals surface area contributed by atoms with Crippen LogP contribution >= 0.6 is 0 Å². The highest BCUT2D eigenvalue weighted by Gasteiger charge is 2.33. The van der Waals surface area contributed by atoms with Crippen molar-refractivity contribution in [2.75, 3.05) is 6.54 Å². The first-order chi connectivity index (χ1) is 11.2. The van der Waals surface area contributed by atoms with Gasteiger partial charge in [0.25, 0.3) is 0 Å². The van der Waals surface area contributed by atoms with Gasteiger partial charge in [0.2, 0.25) is 11.8 Å². The molecule has 6 heteroatoms. The predicted molar refractivity (Wildman–Crippen MR) is 84.3 cm³/mol. The zero-order valence-corrected chi connectivity index (χ0v) is 12.7. The molecule has 23 heavy (non-hydrogen) atoms. The molecule has 2 aliphatic heterocycles. The van der Waals surface area contributed by atoms with Crippen LogP contribution in [0.15, 0.2) is 30.3 Å². The molecule has 1 aromatic carbocycles. The molecule has 1 aromatic heterocycles. The zero-order valence-electron chi connectivity index (χ0n) is 12.7. The fourth-order valence-corrected chi connectivity index (χ4v) is 3.34. The van der Waals surface area contributed by atoms with E-state index in [-0.39, 0.29) is 17.9 Å². The van der Waals surface area contributed by atoms with Crippen molar-refractivity contribution >= 4 is 11.8 Å². The number of aromatic nitrogens is 2. The van der Waals surface area contributed by atoms with Gasteiger partial charge in [0.05, 0.1) is 5.69 Å². The molecule has 1 unspecified atom stereocenters. The monoisotopic (exact) mass is 310 g/mol. The van der Waals surface area contributed by atoms with Crippen LogP contribution < -0.4 is 5.32 Å². The van der Waals surface area contributed by atoms with Gasteiger partial charge in [0.1, 0.15) is 6.04 Å². The van der Waals surface area contributed by atoms with Crippen molar-refractivity contribution in [3.63, 3.8) is 0 Å². The second-order valence-electron chi connectivity index (χ2n) is 6.06. The third-order valence-corrected chi connectivity index (χ3v) is 4.59. The number of amides is 2. The third-order valence-electron chi connectivity index (χ3n) is 4.59. The number of carbonyl (C=O) groups excluding carboxylic acids is 2. The minimum atomic E-state index is -0.365. The van der Waals surface area contributed by atoms with Crippen LogP contribution in [0.3, 0.4) is 0 Å². The Kier molecular flexibility index (Phi) is 3.37. The first-order valence-electron chi connectivity index (χ1n) is 7.92. The topological polar surface area (TPSA) is 78.1 Å². The van der Waals surface area contributed by atoms with E-state index in [1.54, 1.807) is 0 Å². The maximum absolute atomic E-state index is 12.6. The van der Waals surface area contributed by atoms with Crippen molar-refractivity contribution in [1.29, 1.82) is 0 Å². The molecule has 1 fully saturated rings. The van der Waals surface area contributed by atoms with E-state index in [1.807, 2.05) is 35.2 Å². The summed E-state index contributed by atoms with van der Waals surface area (Å²) in [6.07, 6.45) is 1.80. The lowest BCUT2D eigenvalue weighted by atomic mass is 10.0. The SMILES string of the molecule is O=C1CCC(C(=O)N2CCc3[nH]nc(-c4ccccc4)c3C2)N1. The lowest BCUT2D eigenvalue weighted by Gasteiger charge is -2.29. The van der Waals surface area contributed by atoms with Crippen LogP contribution in [0, 0.1) is 0 Å². The van der Waals surface area contributed by atoms with Crippen LogP contribution in [-0.4, -0.2) is 39.5 Å². The van der Waals surface area contributed by atoms with E-state index in [2.05, 4.69) is 15.5 Å². The van der Waals surface area contributed by atoms with Crippen molar-refractivity contribution in [2.45, 2.75) is 31.8 Å². The summed E-state index contributed by atoms with van der Waals surface area (Å²) in [6.45, 7) is 1.20. The minimum Gasteiger partial charge on any atom is -0.344 e. The molecule has 0 bridgehead atoms. The molecule has 6 nitrogen and oxygen atoms in total. The molecule has 4 rings (SSSR count). The third kappa shape index (κ3) is 2.50. The number of benzene rings is 1. The average Bonchev–Trinajstić information content (AvgIpc) is 3.20. The van der Waals surface area contributed by atoms with Gasteiger partial charge in [-0.2, -0.15) is 5.10 Å².